The SMILES string of the molecule is CN(C)CCCc1[c]n[nH]c1. The number of hydrogen-bond acceptors (Lipinski definition) is 2. The van der Waals surface area contributed by atoms with Gasteiger partial charge in [0.15, 0.2) is 0 Å². The summed E-state index contributed by atoms with van der Waals surface area (Å²) in [6.45, 7) is 1.12. The van der Waals surface area contributed by atoms with Crippen LogP contribution in [0.3, 0.4) is 0 Å². The van der Waals surface area contributed by atoms with Gasteiger partial charge in [0.2, 0.25) is 0 Å². The smallest absolute Gasteiger partial charge is 0.116 e. The summed E-state index contributed by atoms with van der Waals surface area (Å²) in [7, 11) is 4.16. The maximum absolute atomic E-state index is 3.76. The van der Waals surface area contributed by atoms with Crippen molar-refractivity contribution in [1.82, 2.24) is 15.1 Å². The third-order valence-corrected chi connectivity index (χ3v) is 1.55. The highest BCUT2D eigenvalue weighted by Crippen LogP contribution is 1.98. The van der Waals surface area contributed by atoms with Crippen LogP contribution >= 0.6 is 0 Å². The third kappa shape index (κ3) is 3.18. The molecule has 1 aromatic rings. The molecule has 1 N–H and O–H groups in total. The van der Waals surface area contributed by atoms with Gasteiger partial charge in [0, 0.05) is 6.20 Å². The molecule has 0 unspecified atom stereocenters. The minimum absolute atomic E-state index is 1.06. The zero-order valence-electron chi connectivity index (χ0n) is 7.09. The van der Waals surface area contributed by atoms with Crippen molar-refractivity contribution in [3.05, 3.63) is 18.0 Å². The molecular weight excluding hydrogens is 138 g/mol. The van der Waals surface area contributed by atoms with Gasteiger partial charge < -0.3 is 4.90 Å². The summed E-state index contributed by atoms with van der Waals surface area (Å²) in [5.41, 5.74) is 1.17. The fourth-order valence-electron chi connectivity index (χ4n) is 0.960. The molecule has 3 heteroatoms. The van der Waals surface area contributed by atoms with Gasteiger partial charge in [-0.05, 0) is 39.0 Å². The van der Waals surface area contributed by atoms with E-state index < -0.39 is 0 Å². The van der Waals surface area contributed by atoms with Crippen LogP contribution in [0.15, 0.2) is 6.20 Å². The number of rotatable bonds is 4. The zero-order valence-corrected chi connectivity index (χ0v) is 7.09. The normalized spacial score (nSPS) is 10.8. The van der Waals surface area contributed by atoms with Gasteiger partial charge in [-0.15, -0.1) is 0 Å². The summed E-state index contributed by atoms with van der Waals surface area (Å²) < 4.78 is 0. The molecule has 0 amide bonds. The first kappa shape index (κ1) is 8.27. The summed E-state index contributed by atoms with van der Waals surface area (Å²) in [4.78, 5) is 2.18. The molecule has 1 aromatic heterocycles. The van der Waals surface area contributed by atoms with Gasteiger partial charge >= 0.3 is 0 Å². The van der Waals surface area contributed by atoms with Gasteiger partial charge in [-0.3, -0.25) is 5.10 Å². The van der Waals surface area contributed by atoms with Crippen LogP contribution in [-0.2, 0) is 6.42 Å². The Morgan fingerprint density at radius 3 is 3.00 bits per heavy atom. The lowest BCUT2D eigenvalue weighted by Gasteiger charge is -2.07. The highest BCUT2D eigenvalue weighted by atomic mass is 15.1. The van der Waals surface area contributed by atoms with E-state index in [0.29, 0.717) is 0 Å². The van der Waals surface area contributed by atoms with Crippen LogP contribution in [-0.4, -0.2) is 35.7 Å². The van der Waals surface area contributed by atoms with Crippen LogP contribution in [0.5, 0.6) is 0 Å². The molecule has 11 heavy (non-hydrogen) atoms. The Hall–Kier alpha value is -0.830. The highest BCUT2D eigenvalue weighted by Gasteiger charge is 1.94. The number of aromatic amines is 1. The van der Waals surface area contributed by atoms with E-state index in [1.54, 1.807) is 0 Å². The Balaban J connectivity index is 2.14. The number of aromatic nitrogens is 2. The number of aryl methyl sites for hydroxylation is 1. The second-order valence-corrected chi connectivity index (χ2v) is 2.93. The topological polar surface area (TPSA) is 31.9 Å². The van der Waals surface area contributed by atoms with Crippen molar-refractivity contribution in [2.75, 3.05) is 20.6 Å². The first-order valence-corrected chi connectivity index (χ1v) is 3.84. The Labute approximate surface area is 67.4 Å². The van der Waals surface area contributed by atoms with Crippen LogP contribution in [0, 0.1) is 6.20 Å². The molecule has 3 nitrogen and oxygen atoms in total. The molecule has 0 atom stereocenters. The van der Waals surface area contributed by atoms with Crippen molar-refractivity contribution in [2.45, 2.75) is 12.8 Å². The van der Waals surface area contributed by atoms with E-state index in [-0.39, 0.29) is 0 Å². The molecule has 1 radical (unpaired) electrons. The van der Waals surface area contributed by atoms with Crippen LogP contribution in [0.4, 0.5) is 0 Å². The zero-order chi connectivity index (χ0) is 8.10. The number of H-pyrrole nitrogens is 1. The quantitative estimate of drug-likeness (QED) is 0.689. The minimum atomic E-state index is 1.06. The van der Waals surface area contributed by atoms with Crippen LogP contribution in [0.1, 0.15) is 12.0 Å². The Bertz CT molecular complexity index is 179. The number of nitrogens with zero attached hydrogens (tertiary/aromatic N) is 2. The first-order valence-electron chi connectivity index (χ1n) is 3.84. The monoisotopic (exact) mass is 152 g/mol. The van der Waals surface area contributed by atoms with E-state index in [2.05, 4.69) is 35.4 Å². The molecule has 0 bridgehead atoms. The van der Waals surface area contributed by atoms with E-state index in [0.717, 1.165) is 13.0 Å². The van der Waals surface area contributed by atoms with Gasteiger partial charge in [-0.1, -0.05) is 0 Å². The van der Waals surface area contributed by atoms with Gasteiger partial charge in [0.1, 0.15) is 6.20 Å². The second-order valence-electron chi connectivity index (χ2n) is 2.93. The Morgan fingerprint density at radius 1 is 1.64 bits per heavy atom. The molecule has 0 aliphatic carbocycles. The second kappa shape index (κ2) is 4.13. The maximum atomic E-state index is 3.76. The molecule has 0 aliphatic rings. The van der Waals surface area contributed by atoms with Gasteiger partial charge in [0.05, 0.1) is 0 Å². The lowest BCUT2D eigenvalue weighted by Crippen LogP contribution is -2.13. The molecule has 0 saturated carbocycles. The van der Waals surface area contributed by atoms with Crippen molar-refractivity contribution >= 4 is 0 Å². The van der Waals surface area contributed by atoms with Crippen LogP contribution in [0.2, 0.25) is 0 Å². The van der Waals surface area contributed by atoms with Crippen molar-refractivity contribution in [1.29, 1.82) is 0 Å². The van der Waals surface area contributed by atoms with E-state index in [9.17, 15) is 0 Å². The summed E-state index contributed by atoms with van der Waals surface area (Å²) in [5.74, 6) is 0. The van der Waals surface area contributed by atoms with Crippen LogP contribution in [0.25, 0.3) is 0 Å². The fraction of sp³-hybridized carbons (Fsp3) is 0.625. The lowest BCUT2D eigenvalue weighted by atomic mass is 10.2. The van der Waals surface area contributed by atoms with E-state index in [1.165, 1.54) is 12.0 Å². The van der Waals surface area contributed by atoms with Crippen molar-refractivity contribution < 1.29 is 0 Å². The van der Waals surface area contributed by atoms with Gasteiger partial charge in [0.25, 0.3) is 0 Å². The summed E-state index contributed by atoms with van der Waals surface area (Å²) in [6, 6.07) is 0. The molecule has 0 saturated heterocycles. The van der Waals surface area contributed by atoms with Crippen molar-refractivity contribution in [3.8, 4) is 0 Å². The van der Waals surface area contributed by atoms with Crippen LogP contribution < -0.4 is 0 Å². The number of nitrogens with one attached hydrogen (secondary N) is 1. The Kier molecular flexibility index (Phi) is 3.11. The lowest BCUT2D eigenvalue weighted by molar-refractivity contribution is 0.400. The largest absolute Gasteiger partial charge is 0.309 e. The van der Waals surface area contributed by atoms with Crippen molar-refractivity contribution in [2.24, 2.45) is 0 Å². The molecule has 1 rings (SSSR count). The average Bonchev–Trinajstić information content (AvgIpc) is 2.39. The Morgan fingerprint density at radius 2 is 2.45 bits per heavy atom. The minimum Gasteiger partial charge on any atom is -0.309 e. The molecule has 61 valence electrons. The van der Waals surface area contributed by atoms with E-state index >= 15 is 0 Å². The molecule has 0 fully saturated rings. The average molecular weight is 152 g/mol. The predicted molar refractivity (Wildman–Crippen MR) is 44.3 cm³/mol. The first-order chi connectivity index (χ1) is 5.29. The van der Waals surface area contributed by atoms with Gasteiger partial charge in [-0.25, -0.2) is 0 Å². The molecule has 0 aromatic carbocycles. The third-order valence-electron chi connectivity index (χ3n) is 1.55. The molecule has 0 aliphatic heterocycles. The van der Waals surface area contributed by atoms with Crippen molar-refractivity contribution in [3.63, 3.8) is 0 Å². The van der Waals surface area contributed by atoms with Gasteiger partial charge in [-0.2, -0.15) is 5.10 Å². The standard InChI is InChI=1S/C8H14N3/c1-11(2)5-3-4-8-6-9-10-7-8/h6H,3-5H2,1-2H3,(H,9,10). The summed E-state index contributed by atoms with van der Waals surface area (Å²) >= 11 is 0. The fourth-order valence-corrected chi connectivity index (χ4v) is 0.960. The summed E-state index contributed by atoms with van der Waals surface area (Å²) in [5, 5.41) is 6.51. The molecular formula is C8H14N3. The highest BCUT2D eigenvalue weighted by molar-refractivity contribution is 5.00. The van der Waals surface area contributed by atoms with E-state index in [1.807, 2.05) is 6.20 Å². The predicted octanol–water partition coefficient (Wildman–Crippen LogP) is 0.704. The molecule has 0 spiro atoms. The summed E-state index contributed by atoms with van der Waals surface area (Å²) in [6.07, 6.45) is 7.02. The number of hydrogen-bond donors (Lipinski definition) is 1. The van der Waals surface area contributed by atoms with E-state index in [4.69, 9.17) is 0 Å². The maximum Gasteiger partial charge on any atom is 0.116 e. The molecule has 1 heterocycles.